The Hall–Kier alpha value is -2.86. The van der Waals surface area contributed by atoms with E-state index in [1.54, 1.807) is 0 Å². The molecule has 28 heavy (non-hydrogen) atoms. The van der Waals surface area contributed by atoms with E-state index in [1.165, 1.54) is 0 Å². The van der Waals surface area contributed by atoms with Crippen LogP contribution in [0, 0.1) is 5.92 Å². The van der Waals surface area contributed by atoms with Gasteiger partial charge in [0.2, 0.25) is 0 Å². The lowest BCUT2D eigenvalue weighted by molar-refractivity contribution is 0.102. The maximum Gasteiger partial charge on any atom is 0.276 e. The number of amides is 1. The van der Waals surface area contributed by atoms with E-state index in [0.717, 1.165) is 42.2 Å². The van der Waals surface area contributed by atoms with Crippen molar-refractivity contribution >= 4 is 22.8 Å². The second-order valence-corrected chi connectivity index (χ2v) is 7.50. The van der Waals surface area contributed by atoms with Crippen LogP contribution in [0.4, 0.5) is 11.4 Å². The molecule has 1 fully saturated rings. The Labute approximate surface area is 165 Å². The first-order valence-corrected chi connectivity index (χ1v) is 9.82. The summed E-state index contributed by atoms with van der Waals surface area (Å²) < 4.78 is 7.47. The van der Waals surface area contributed by atoms with Crippen molar-refractivity contribution in [2.24, 2.45) is 5.92 Å². The van der Waals surface area contributed by atoms with Gasteiger partial charge in [0.15, 0.2) is 5.69 Å². The molecule has 1 N–H and O–H groups in total. The summed E-state index contributed by atoms with van der Waals surface area (Å²) in [6, 6.07) is 13.8. The highest BCUT2D eigenvalue weighted by Crippen LogP contribution is 2.27. The number of imidazole rings is 1. The highest BCUT2D eigenvalue weighted by molar-refractivity contribution is 6.09. The summed E-state index contributed by atoms with van der Waals surface area (Å²) in [5.74, 6) is 1.19. The van der Waals surface area contributed by atoms with Crippen LogP contribution in [0.2, 0.25) is 0 Å². The molecule has 0 spiro atoms. The van der Waals surface area contributed by atoms with E-state index >= 15 is 0 Å². The largest absolute Gasteiger partial charge is 0.378 e. The van der Waals surface area contributed by atoms with Crippen LogP contribution in [0.5, 0.6) is 0 Å². The fourth-order valence-corrected chi connectivity index (χ4v) is 3.62. The third-order valence-corrected chi connectivity index (χ3v) is 4.93. The Morgan fingerprint density at radius 1 is 1.14 bits per heavy atom. The third-order valence-electron chi connectivity index (χ3n) is 4.93. The number of rotatable bonds is 5. The molecule has 1 amide bonds. The van der Waals surface area contributed by atoms with Gasteiger partial charge in [0.1, 0.15) is 5.82 Å². The Kier molecular flexibility index (Phi) is 5.30. The molecule has 1 aliphatic heterocycles. The minimum atomic E-state index is -0.181. The highest BCUT2D eigenvalue weighted by Gasteiger charge is 2.20. The lowest BCUT2D eigenvalue weighted by atomic mass is 10.1. The van der Waals surface area contributed by atoms with Gasteiger partial charge in [-0.25, -0.2) is 4.98 Å². The number of pyridine rings is 1. The van der Waals surface area contributed by atoms with E-state index in [9.17, 15) is 4.79 Å². The van der Waals surface area contributed by atoms with Crippen molar-refractivity contribution in [3.05, 3.63) is 60.2 Å². The molecule has 1 aromatic carbocycles. The van der Waals surface area contributed by atoms with Gasteiger partial charge >= 0.3 is 0 Å². The second-order valence-electron chi connectivity index (χ2n) is 7.50. The summed E-state index contributed by atoms with van der Waals surface area (Å²) >= 11 is 0. The van der Waals surface area contributed by atoms with Crippen LogP contribution in [0.3, 0.4) is 0 Å². The molecule has 1 aliphatic rings. The fourth-order valence-electron chi connectivity index (χ4n) is 3.62. The standard InChI is InChI=1S/C22H26N4O2/c1-16(2)15-20-24-21(19-9-5-6-10-26(19)20)22(27)23-17-7-3-4-8-18(17)25-11-13-28-14-12-25/h3-10,16H,11-15H2,1-2H3,(H,23,27). The molecule has 0 bridgehead atoms. The quantitative estimate of drug-likeness (QED) is 0.737. The van der Waals surface area contributed by atoms with Crippen molar-refractivity contribution in [3.63, 3.8) is 0 Å². The number of nitrogens with one attached hydrogen (secondary N) is 1. The fraction of sp³-hybridized carbons (Fsp3) is 0.364. The number of carbonyl (C=O) groups is 1. The van der Waals surface area contributed by atoms with Crippen molar-refractivity contribution in [2.75, 3.05) is 36.5 Å². The second kappa shape index (κ2) is 8.02. The average molecular weight is 378 g/mol. The van der Waals surface area contributed by atoms with Crippen molar-refractivity contribution in [1.29, 1.82) is 0 Å². The minimum absolute atomic E-state index is 0.181. The van der Waals surface area contributed by atoms with Crippen LogP contribution in [0.25, 0.3) is 5.52 Å². The number of para-hydroxylation sites is 2. The first kappa shape index (κ1) is 18.5. The summed E-state index contributed by atoms with van der Waals surface area (Å²) in [7, 11) is 0. The Bertz CT molecular complexity index is 974. The van der Waals surface area contributed by atoms with E-state index in [-0.39, 0.29) is 5.91 Å². The van der Waals surface area contributed by atoms with Crippen LogP contribution < -0.4 is 10.2 Å². The molecule has 0 aliphatic carbocycles. The third kappa shape index (κ3) is 3.73. The zero-order valence-electron chi connectivity index (χ0n) is 16.4. The predicted molar refractivity (Wildman–Crippen MR) is 111 cm³/mol. The summed E-state index contributed by atoms with van der Waals surface area (Å²) in [5.41, 5.74) is 3.12. The molecule has 4 rings (SSSR count). The number of nitrogens with zero attached hydrogens (tertiary/aromatic N) is 3. The summed E-state index contributed by atoms with van der Waals surface area (Å²) in [6.07, 6.45) is 2.79. The van der Waals surface area contributed by atoms with Gasteiger partial charge in [0.05, 0.1) is 30.1 Å². The zero-order chi connectivity index (χ0) is 19.5. The van der Waals surface area contributed by atoms with Gasteiger partial charge in [-0.05, 0) is 30.2 Å². The molecular weight excluding hydrogens is 352 g/mol. The number of morpholine rings is 1. The van der Waals surface area contributed by atoms with Gasteiger partial charge in [0, 0.05) is 25.7 Å². The number of anilines is 2. The molecular formula is C22H26N4O2. The monoisotopic (exact) mass is 378 g/mol. The topological polar surface area (TPSA) is 58.9 Å². The number of hydrogen-bond donors (Lipinski definition) is 1. The number of ether oxygens (including phenoxy) is 1. The number of benzene rings is 1. The molecule has 6 heteroatoms. The molecule has 0 saturated carbocycles. The Morgan fingerprint density at radius 3 is 2.68 bits per heavy atom. The van der Waals surface area contributed by atoms with Gasteiger partial charge in [-0.1, -0.05) is 32.0 Å². The normalized spacial score (nSPS) is 14.6. The summed E-state index contributed by atoms with van der Waals surface area (Å²) in [6.45, 7) is 7.35. The van der Waals surface area contributed by atoms with Crippen LogP contribution in [-0.2, 0) is 11.2 Å². The molecule has 146 valence electrons. The van der Waals surface area contributed by atoms with Crippen LogP contribution >= 0.6 is 0 Å². The number of aromatic nitrogens is 2. The van der Waals surface area contributed by atoms with Gasteiger partial charge in [-0.3, -0.25) is 4.79 Å². The number of carbonyl (C=O) groups excluding carboxylic acids is 1. The van der Waals surface area contributed by atoms with Gasteiger partial charge < -0.3 is 19.4 Å². The summed E-state index contributed by atoms with van der Waals surface area (Å²) in [4.78, 5) is 20.1. The molecule has 3 aromatic rings. The summed E-state index contributed by atoms with van der Waals surface area (Å²) in [5, 5.41) is 3.09. The van der Waals surface area contributed by atoms with Crippen molar-refractivity contribution in [1.82, 2.24) is 9.38 Å². The molecule has 1 saturated heterocycles. The van der Waals surface area contributed by atoms with Gasteiger partial charge in [-0.15, -0.1) is 0 Å². The van der Waals surface area contributed by atoms with Crippen LogP contribution in [-0.4, -0.2) is 41.6 Å². The smallest absolute Gasteiger partial charge is 0.276 e. The number of fused-ring (bicyclic) bond motifs is 1. The van der Waals surface area contributed by atoms with Crippen LogP contribution in [0.1, 0.15) is 30.2 Å². The van der Waals surface area contributed by atoms with Crippen molar-refractivity contribution < 1.29 is 9.53 Å². The molecule has 6 nitrogen and oxygen atoms in total. The SMILES string of the molecule is CC(C)Cc1nc(C(=O)Nc2ccccc2N2CCOCC2)c2ccccn12. The zero-order valence-corrected chi connectivity index (χ0v) is 16.4. The Balaban J connectivity index is 1.65. The molecule has 0 atom stereocenters. The van der Waals surface area contributed by atoms with E-state index in [2.05, 4.69) is 29.0 Å². The van der Waals surface area contributed by atoms with E-state index in [1.807, 2.05) is 53.1 Å². The average Bonchev–Trinajstić information content (AvgIpc) is 3.07. The molecule has 0 unspecified atom stereocenters. The van der Waals surface area contributed by atoms with Crippen LogP contribution in [0.15, 0.2) is 48.7 Å². The minimum Gasteiger partial charge on any atom is -0.378 e. The predicted octanol–water partition coefficient (Wildman–Crippen LogP) is 3.62. The first-order chi connectivity index (χ1) is 13.6. The lowest BCUT2D eigenvalue weighted by Crippen LogP contribution is -2.36. The van der Waals surface area contributed by atoms with Gasteiger partial charge in [0.25, 0.3) is 5.91 Å². The lowest BCUT2D eigenvalue weighted by Gasteiger charge is -2.30. The van der Waals surface area contributed by atoms with Crippen molar-refractivity contribution in [3.8, 4) is 0 Å². The van der Waals surface area contributed by atoms with Gasteiger partial charge in [-0.2, -0.15) is 0 Å². The van der Waals surface area contributed by atoms with E-state index in [4.69, 9.17) is 4.74 Å². The molecule has 2 aromatic heterocycles. The first-order valence-electron chi connectivity index (χ1n) is 9.82. The maximum absolute atomic E-state index is 13.1. The van der Waals surface area contributed by atoms with Crippen molar-refractivity contribution in [2.45, 2.75) is 20.3 Å². The molecule has 3 heterocycles. The molecule has 0 radical (unpaired) electrons. The van der Waals surface area contributed by atoms with E-state index in [0.29, 0.717) is 24.8 Å². The van der Waals surface area contributed by atoms with E-state index < -0.39 is 0 Å². The Morgan fingerprint density at radius 2 is 1.89 bits per heavy atom. The maximum atomic E-state index is 13.1. The highest BCUT2D eigenvalue weighted by atomic mass is 16.5. The number of hydrogen-bond acceptors (Lipinski definition) is 4.